The molecule has 1 heterocycles. The Morgan fingerprint density at radius 2 is 1.80 bits per heavy atom. The monoisotopic (exact) mass is 335 g/mol. The Bertz CT molecular complexity index is 934. The molecule has 1 unspecified atom stereocenters. The fraction of sp³-hybridized carbons (Fsp3) is 0.250. The minimum atomic E-state index is -0.329. The molecule has 0 saturated heterocycles. The number of rotatable bonds is 5. The van der Waals surface area contributed by atoms with Crippen LogP contribution in [0, 0.1) is 0 Å². The largest absolute Gasteiger partial charge is 0.329 e. The molecule has 3 rings (SSSR count). The molecule has 5 heteroatoms. The number of nitrogens with zero attached hydrogens (tertiary/aromatic N) is 2. The van der Waals surface area contributed by atoms with E-state index < -0.39 is 0 Å². The minimum Gasteiger partial charge on any atom is -0.329 e. The smallest absolute Gasteiger partial charge is 0.258 e. The lowest BCUT2D eigenvalue weighted by Crippen LogP contribution is -2.36. The van der Waals surface area contributed by atoms with Gasteiger partial charge in [0.1, 0.15) is 5.82 Å². The molecule has 0 aliphatic heterocycles. The second kappa shape index (κ2) is 7.30. The van der Waals surface area contributed by atoms with Crippen molar-refractivity contribution in [2.75, 3.05) is 6.54 Å². The number of H-pyrrole nitrogens is 1. The van der Waals surface area contributed by atoms with E-state index in [-0.39, 0.29) is 17.5 Å². The lowest BCUT2D eigenvalue weighted by Gasteiger charge is -2.28. The third kappa shape index (κ3) is 3.45. The number of aromatic amines is 1. The number of para-hydroxylation sites is 1. The zero-order valence-electron chi connectivity index (χ0n) is 14.4. The van der Waals surface area contributed by atoms with Gasteiger partial charge in [-0.25, -0.2) is 4.98 Å². The molecule has 1 aromatic heterocycles. The highest BCUT2D eigenvalue weighted by Gasteiger charge is 2.24. The van der Waals surface area contributed by atoms with Gasteiger partial charge in [0.2, 0.25) is 0 Å². The minimum absolute atomic E-state index is 0.0641. The molecule has 0 saturated carbocycles. The van der Waals surface area contributed by atoms with Crippen LogP contribution in [-0.4, -0.2) is 27.3 Å². The number of hydrogen-bond donors (Lipinski definition) is 1. The summed E-state index contributed by atoms with van der Waals surface area (Å²) >= 11 is 0. The van der Waals surface area contributed by atoms with Crippen LogP contribution in [0.2, 0.25) is 0 Å². The normalized spacial score (nSPS) is 12.1. The van der Waals surface area contributed by atoms with Crippen LogP contribution in [-0.2, 0) is 0 Å². The average Bonchev–Trinajstić information content (AvgIpc) is 2.65. The number of fused-ring (bicyclic) bond motifs is 1. The number of carbonyl (C=O) groups excluding carboxylic acids is 1. The Hall–Kier alpha value is -2.95. The third-order valence-electron chi connectivity index (χ3n) is 4.24. The first kappa shape index (κ1) is 16.9. The van der Waals surface area contributed by atoms with E-state index in [0.717, 1.165) is 6.42 Å². The molecule has 1 N–H and O–H groups in total. The van der Waals surface area contributed by atoms with Crippen molar-refractivity contribution < 1.29 is 4.79 Å². The number of benzene rings is 2. The Labute approximate surface area is 146 Å². The van der Waals surface area contributed by atoms with Gasteiger partial charge in [-0.3, -0.25) is 9.59 Å². The first-order valence-electron chi connectivity index (χ1n) is 8.46. The van der Waals surface area contributed by atoms with Crippen LogP contribution in [0.3, 0.4) is 0 Å². The highest BCUT2D eigenvalue weighted by Crippen LogP contribution is 2.20. The van der Waals surface area contributed by atoms with Gasteiger partial charge in [-0.2, -0.15) is 0 Å². The number of carbonyl (C=O) groups is 1. The van der Waals surface area contributed by atoms with Crippen LogP contribution >= 0.6 is 0 Å². The lowest BCUT2D eigenvalue weighted by molar-refractivity contribution is 0.0683. The van der Waals surface area contributed by atoms with Gasteiger partial charge in [0.25, 0.3) is 11.5 Å². The van der Waals surface area contributed by atoms with Crippen LogP contribution in [0.1, 0.15) is 42.5 Å². The molecule has 3 aromatic rings. The van der Waals surface area contributed by atoms with Crippen LogP contribution < -0.4 is 5.56 Å². The Morgan fingerprint density at radius 3 is 2.52 bits per heavy atom. The zero-order chi connectivity index (χ0) is 17.8. The lowest BCUT2D eigenvalue weighted by atomic mass is 10.1. The number of aromatic nitrogens is 2. The van der Waals surface area contributed by atoms with Gasteiger partial charge < -0.3 is 9.88 Å². The van der Waals surface area contributed by atoms with Gasteiger partial charge in [0, 0.05) is 12.1 Å². The highest BCUT2D eigenvalue weighted by molar-refractivity contribution is 5.94. The summed E-state index contributed by atoms with van der Waals surface area (Å²) in [6.45, 7) is 4.50. The number of hydrogen-bond acceptors (Lipinski definition) is 3. The zero-order valence-corrected chi connectivity index (χ0v) is 14.4. The fourth-order valence-corrected chi connectivity index (χ4v) is 2.91. The first-order valence-corrected chi connectivity index (χ1v) is 8.46. The Balaban J connectivity index is 1.99. The van der Waals surface area contributed by atoms with Gasteiger partial charge in [-0.1, -0.05) is 37.3 Å². The first-order chi connectivity index (χ1) is 12.1. The maximum absolute atomic E-state index is 12.9. The molecule has 0 radical (unpaired) electrons. The second-order valence-electron chi connectivity index (χ2n) is 6.01. The van der Waals surface area contributed by atoms with E-state index in [1.54, 1.807) is 23.1 Å². The van der Waals surface area contributed by atoms with Gasteiger partial charge >= 0.3 is 0 Å². The Morgan fingerprint density at radius 1 is 1.12 bits per heavy atom. The number of amides is 1. The quantitative estimate of drug-likeness (QED) is 0.775. The van der Waals surface area contributed by atoms with Crippen molar-refractivity contribution in [2.24, 2.45) is 0 Å². The molecule has 1 amide bonds. The summed E-state index contributed by atoms with van der Waals surface area (Å²) in [6.07, 6.45) is 0.820. The highest BCUT2D eigenvalue weighted by atomic mass is 16.2. The summed E-state index contributed by atoms with van der Waals surface area (Å²) in [5.74, 6) is 0.437. The van der Waals surface area contributed by atoms with Gasteiger partial charge in [0.15, 0.2) is 0 Å². The molecule has 0 aliphatic rings. The van der Waals surface area contributed by atoms with Crippen LogP contribution in [0.15, 0.2) is 59.4 Å². The molecule has 2 aromatic carbocycles. The number of nitrogens with one attached hydrogen (secondary N) is 1. The van der Waals surface area contributed by atoms with Crippen molar-refractivity contribution in [2.45, 2.75) is 26.3 Å². The van der Waals surface area contributed by atoms with Crippen molar-refractivity contribution >= 4 is 16.8 Å². The average molecular weight is 335 g/mol. The molecule has 25 heavy (non-hydrogen) atoms. The van der Waals surface area contributed by atoms with E-state index in [0.29, 0.717) is 28.8 Å². The molecule has 0 aliphatic carbocycles. The van der Waals surface area contributed by atoms with Gasteiger partial charge in [-0.15, -0.1) is 0 Å². The predicted octanol–water partition coefficient (Wildman–Crippen LogP) is 3.54. The van der Waals surface area contributed by atoms with E-state index in [9.17, 15) is 9.59 Å². The summed E-state index contributed by atoms with van der Waals surface area (Å²) < 4.78 is 0. The van der Waals surface area contributed by atoms with Crippen molar-refractivity contribution in [1.82, 2.24) is 14.9 Å². The van der Waals surface area contributed by atoms with E-state index >= 15 is 0 Å². The third-order valence-corrected chi connectivity index (χ3v) is 4.24. The van der Waals surface area contributed by atoms with Crippen molar-refractivity contribution in [1.29, 1.82) is 0 Å². The molecule has 128 valence electrons. The maximum Gasteiger partial charge on any atom is 0.258 e. The second-order valence-corrected chi connectivity index (χ2v) is 6.01. The molecule has 0 fully saturated rings. The molecule has 0 bridgehead atoms. The van der Waals surface area contributed by atoms with Crippen LogP contribution in [0.5, 0.6) is 0 Å². The predicted molar refractivity (Wildman–Crippen MR) is 98.5 cm³/mol. The van der Waals surface area contributed by atoms with Crippen molar-refractivity contribution in [3.8, 4) is 0 Å². The maximum atomic E-state index is 12.9. The molecule has 1 atom stereocenters. The SMILES string of the molecule is CCCN(C(=O)c1ccccc1)C(C)c1nc2ccccc2c(=O)[nH]1. The van der Waals surface area contributed by atoms with E-state index in [1.807, 2.05) is 50.2 Å². The van der Waals surface area contributed by atoms with E-state index in [4.69, 9.17) is 0 Å². The van der Waals surface area contributed by atoms with Crippen LogP contribution in [0.25, 0.3) is 10.9 Å². The summed E-state index contributed by atoms with van der Waals surface area (Å²) in [5.41, 5.74) is 1.08. The molecule has 0 spiro atoms. The standard InChI is InChI=1S/C20H21N3O2/c1-3-13-23(20(25)15-9-5-4-6-10-15)14(2)18-21-17-12-8-7-11-16(17)19(24)22-18/h4-12,14H,3,13H2,1-2H3,(H,21,22,24). The van der Waals surface area contributed by atoms with Crippen LogP contribution in [0.4, 0.5) is 0 Å². The molecular weight excluding hydrogens is 314 g/mol. The van der Waals surface area contributed by atoms with Crippen molar-refractivity contribution in [3.63, 3.8) is 0 Å². The topological polar surface area (TPSA) is 66.1 Å². The van der Waals surface area contributed by atoms with Crippen molar-refractivity contribution in [3.05, 3.63) is 76.3 Å². The summed E-state index contributed by atoms with van der Waals surface area (Å²) in [5, 5.41) is 0.551. The van der Waals surface area contributed by atoms with Gasteiger partial charge in [0.05, 0.1) is 16.9 Å². The summed E-state index contributed by atoms with van der Waals surface area (Å²) in [7, 11) is 0. The summed E-state index contributed by atoms with van der Waals surface area (Å²) in [4.78, 5) is 34.4. The fourth-order valence-electron chi connectivity index (χ4n) is 2.91. The van der Waals surface area contributed by atoms with E-state index in [2.05, 4.69) is 9.97 Å². The van der Waals surface area contributed by atoms with E-state index in [1.165, 1.54) is 0 Å². The Kier molecular flexibility index (Phi) is 4.93. The molecular formula is C20H21N3O2. The summed E-state index contributed by atoms with van der Waals surface area (Å²) in [6, 6.07) is 16.1. The van der Waals surface area contributed by atoms with Gasteiger partial charge in [-0.05, 0) is 37.6 Å². The molecule has 5 nitrogen and oxygen atoms in total.